The number of alkyl halides is 3. The molecule has 0 spiro atoms. The lowest BCUT2D eigenvalue weighted by atomic mass is 9.68. The average Bonchev–Trinajstić information content (AvgIpc) is 3.46. The molecule has 0 radical (unpaired) electrons. The van der Waals surface area contributed by atoms with Crippen molar-refractivity contribution in [3.63, 3.8) is 0 Å². The highest BCUT2D eigenvalue weighted by Gasteiger charge is 2.45. The maximum atomic E-state index is 12.9. The van der Waals surface area contributed by atoms with E-state index in [-0.39, 0.29) is 18.8 Å². The van der Waals surface area contributed by atoms with Gasteiger partial charge in [-0.05, 0) is 81.5 Å². The SMILES string of the molecule is OC1CC(C(F)(F)F)CCC1C1=CCC(C2CCC(CC3CC3)CC2)CC1. The summed E-state index contributed by atoms with van der Waals surface area (Å²) in [6.07, 6.45) is 11.1. The fraction of sp³-hybridized carbons (Fsp3) is 0.913. The van der Waals surface area contributed by atoms with E-state index in [0.29, 0.717) is 6.42 Å². The molecule has 154 valence electrons. The second-order valence-electron chi connectivity index (χ2n) is 10.00. The van der Waals surface area contributed by atoms with Crippen LogP contribution in [0, 0.1) is 35.5 Å². The van der Waals surface area contributed by atoms with E-state index in [1.54, 1.807) is 0 Å². The van der Waals surface area contributed by atoms with Crippen LogP contribution >= 0.6 is 0 Å². The van der Waals surface area contributed by atoms with E-state index in [9.17, 15) is 18.3 Å². The summed E-state index contributed by atoms with van der Waals surface area (Å²) in [6.45, 7) is 0. The van der Waals surface area contributed by atoms with Crippen LogP contribution in [-0.2, 0) is 0 Å². The second-order valence-corrected chi connectivity index (χ2v) is 10.00. The summed E-state index contributed by atoms with van der Waals surface area (Å²) < 4.78 is 38.7. The predicted molar refractivity (Wildman–Crippen MR) is 101 cm³/mol. The molecule has 0 aromatic heterocycles. The van der Waals surface area contributed by atoms with Gasteiger partial charge in [-0.25, -0.2) is 0 Å². The Balaban J connectivity index is 1.25. The first-order chi connectivity index (χ1) is 12.9. The minimum Gasteiger partial charge on any atom is -0.392 e. The molecular formula is C23H35F3O. The number of hydrogen-bond donors (Lipinski definition) is 1. The highest BCUT2D eigenvalue weighted by atomic mass is 19.4. The van der Waals surface area contributed by atoms with Crippen LogP contribution in [0.1, 0.15) is 83.5 Å². The smallest absolute Gasteiger partial charge is 0.391 e. The molecule has 0 aromatic rings. The maximum absolute atomic E-state index is 12.9. The van der Waals surface area contributed by atoms with Gasteiger partial charge in [-0.1, -0.05) is 37.3 Å². The van der Waals surface area contributed by atoms with Gasteiger partial charge >= 0.3 is 6.18 Å². The molecule has 4 atom stereocenters. The van der Waals surface area contributed by atoms with Gasteiger partial charge in [0, 0.05) is 5.92 Å². The van der Waals surface area contributed by atoms with E-state index in [1.807, 2.05) is 0 Å². The maximum Gasteiger partial charge on any atom is 0.391 e. The third-order valence-corrected chi connectivity index (χ3v) is 8.16. The predicted octanol–water partition coefficient (Wildman–Crippen LogP) is 6.66. The van der Waals surface area contributed by atoms with Crippen LogP contribution in [0.3, 0.4) is 0 Å². The van der Waals surface area contributed by atoms with Crippen LogP contribution in [0.25, 0.3) is 0 Å². The van der Waals surface area contributed by atoms with Crippen LogP contribution in [0.4, 0.5) is 13.2 Å². The van der Waals surface area contributed by atoms with Gasteiger partial charge in [0.1, 0.15) is 0 Å². The Morgan fingerprint density at radius 1 is 0.852 bits per heavy atom. The molecule has 0 bridgehead atoms. The molecule has 0 amide bonds. The Morgan fingerprint density at radius 2 is 1.52 bits per heavy atom. The number of hydrogen-bond acceptors (Lipinski definition) is 1. The van der Waals surface area contributed by atoms with Crippen molar-refractivity contribution in [1.29, 1.82) is 0 Å². The summed E-state index contributed by atoms with van der Waals surface area (Å²) in [5.41, 5.74) is 1.25. The topological polar surface area (TPSA) is 20.2 Å². The summed E-state index contributed by atoms with van der Waals surface area (Å²) in [5, 5.41) is 10.3. The van der Waals surface area contributed by atoms with Crippen molar-refractivity contribution in [2.75, 3.05) is 0 Å². The first kappa shape index (κ1) is 19.8. The van der Waals surface area contributed by atoms with Crippen LogP contribution in [-0.4, -0.2) is 17.4 Å². The molecular weight excluding hydrogens is 349 g/mol. The van der Waals surface area contributed by atoms with Gasteiger partial charge in [0.15, 0.2) is 0 Å². The molecule has 0 heterocycles. The van der Waals surface area contributed by atoms with E-state index in [4.69, 9.17) is 0 Å². The molecule has 0 saturated heterocycles. The standard InChI is InChI=1S/C23H35F3O/c24-23(25,26)20-11-12-21(22(27)14-20)19-9-7-18(8-10-19)17-5-3-16(4-6-17)13-15-1-2-15/h9,15-18,20-22,27H,1-8,10-14H2. The number of rotatable bonds is 4. The van der Waals surface area contributed by atoms with Crippen LogP contribution in [0.2, 0.25) is 0 Å². The van der Waals surface area contributed by atoms with Crippen molar-refractivity contribution in [2.24, 2.45) is 35.5 Å². The van der Waals surface area contributed by atoms with Crippen molar-refractivity contribution in [3.05, 3.63) is 11.6 Å². The summed E-state index contributed by atoms with van der Waals surface area (Å²) in [7, 11) is 0. The van der Waals surface area contributed by atoms with Crippen LogP contribution in [0.5, 0.6) is 0 Å². The molecule has 4 aliphatic carbocycles. The third-order valence-electron chi connectivity index (χ3n) is 8.16. The van der Waals surface area contributed by atoms with Gasteiger partial charge in [-0.2, -0.15) is 13.2 Å². The fourth-order valence-corrected chi connectivity index (χ4v) is 6.24. The van der Waals surface area contributed by atoms with Crippen molar-refractivity contribution >= 4 is 0 Å². The molecule has 3 fully saturated rings. The van der Waals surface area contributed by atoms with E-state index in [0.717, 1.165) is 36.5 Å². The molecule has 1 N–H and O–H groups in total. The first-order valence-electron chi connectivity index (χ1n) is 11.3. The van der Waals surface area contributed by atoms with E-state index in [1.165, 1.54) is 56.9 Å². The summed E-state index contributed by atoms with van der Waals surface area (Å²) in [4.78, 5) is 0. The number of allylic oxidation sites excluding steroid dienone is 1. The first-order valence-corrected chi connectivity index (χ1v) is 11.3. The van der Waals surface area contributed by atoms with Gasteiger partial charge in [0.05, 0.1) is 12.0 Å². The highest BCUT2D eigenvalue weighted by molar-refractivity contribution is 5.14. The largest absolute Gasteiger partial charge is 0.392 e. The van der Waals surface area contributed by atoms with E-state index < -0.39 is 18.2 Å². The Bertz CT molecular complexity index is 528. The fourth-order valence-electron chi connectivity index (χ4n) is 6.24. The van der Waals surface area contributed by atoms with Crippen molar-refractivity contribution in [1.82, 2.24) is 0 Å². The molecule has 0 aromatic carbocycles. The van der Waals surface area contributed by atoms with Gasteiger partial charge in [0.2, 0.25) is 0 Å². The number of aliphatic hydroxyl groups is 1. The van der Waals surface area contributed by atoms with Gasteiger partial charge < -0.3 is 5.11 Å². The van der Waals surface area contributed by atoms with E-state index in [2.05, 4.69) is 6.08 Å². The van der Waals surface area contributed by atoms with Crippen molar-refractivity contribution < 1.29 is 18.3 Å². The molecule has 4 aliphatic rings. The van der Waals surface area contributed by atoms with Gasteiger partial charge in [-0.3, -0.25) is 0 Å². The Hall–Kier alpha value is -0.510. The lowest BCUT2D eigenvalue weighted by molar-refractivity contribution is -0.192. The molecule has 0 aliphatic heterocycles. The van der Waals surface area contributed by atoms with Crippen LogP contribution < -0.4 is 0 Å². The minimum atomic E-state index is -4.16. The second kappa shape index (κ2) is 8.08. The molecule has 4 rings (SSSR count). The number of aliphatic hydroxyl groups excluding tert-OH is 1. The quantitative estimate of drug-likeness (QED) is 0.537. The average molecular weight is 385 g/mol. The molecule has 4 unspecified atom stereocenters. The summed E-state index contributed by atoms with van der Waals surface area (Å²) in [6, 6.07) is 0. The zero-order chi connectivity index (χ0) is 19.0. The van der Waals surface area contributed by atoms with Gasteiger partial charge in [-0.15, -0.1) is 0 Å². The Labute approximate surface area is 161 Å². The monoisotopic (exact) mass is 384 g/mol. The third kappa shape index (κ3) is 4.92. The highest BCUT2D eigenvalue weighted by Crippen LogP contribution is 2.47. The Morgan fingerprint density at radius 3 is 2.04 bits per heavy atom. The lowest BCUT2D eigenvalue weighted by Crippen LogP contribution is -2.37. The molecule has 27 heavy (non-hydrogen) atoms. The van der Waals surface area contributed by atoms with Gasteiger partial charge in [0.25, 0.3) is 0 Å². The molecule has 4 heteroatoms. The van der Waals surface area contributed by atoms with Crippen molar-refractivity contribution in [2.45, 2.75) is 95.8 Å². The molecule has 3 saturated carbocycles. The van der Waals surface area contributed by atoms with E-state index >= 15 is 0 Å². The zero-order valence-corrected chi connectivity index (χ0v) is 16.4. The minimum absolute atomic E-state index is 0.0289. The number of halogens is 3. The lowest BCUT2D eigenvalue weighted by Gasteiger charge is -2.39. The zero-order valence-electron chi connectivity index (χ0n) is 16.4. The molecule has 1 nitrogen and oxygen atoms in total. The van der Waals surface area contributed by atoms with Crippen molar-refractivity contribution in [3.8, 4) is 0 Å². The normalized spacial score (nSPS) is 41.3. The Kier molecular flexibility index (Phi) is 5.92. The summed E-state index contributed by atoms with van der Waals surface area (Å²) in [5.74, 6) is 2.29. The van der Waals surface area contributed by atoms with Crippen LogP contribution in [0.15, 0.2) is 11.6 Å². The summed E-state index contributed by atoms with van der Waals surface area (Å²) >= 11 is 0.